The van der Waals surface area contributed by atoms with Gasteiger partial charge in [0.1, 0.15) is 22.0 Å². The number of aliphatic hydroxyl groups excluding tert-OH is 1. The number of aromatic nitrogens is 4. The van der Waals surface area contributed by atoms with Gasteiger partial charge < -0.3 is 20.6 Å². The third-order valence-electron chi connectivity index (χ3n) is 7.19. The molecular formula is C28H33N7OS. The van der Waals surface area contributed by atoms with Gasteiger partial charge in [-0.05, 0) is 62.6 Å². The smallest absolute Gasteiger partial charge is 0.225 e. The minimum absolute atomic E-state index is 0.191. The van der Waals surface area contributed by atoms with Gasteiger partial charge in [-0.2, -0.15) is 4.98 Å². The maximum atomic E-state index is 9.88. The van der Waals surface area contributed by atoms with Crippen LogP contribution in [0, 0.1) is 0 Å². The summed E-state index contributed by atoms with van der Waals surface area (Å²) in [6.45, 7) is 2.15. The largest absolute Gasteiger partial charge is 0.393 e. The first-order valence-electron chi connectivity index (χ1n) is 13.3. The molecule has 0 bridgehead atoms. The van der Waals surface area contributed by atoms with Crippen molar-refractivity contribution in [1.29, 1.82) is 0 Å². The molecule has 2 fully saturated rings. The fraction of sp³-hybridized carbons (Fsp3) is 0.429. The number of aliphatic hydroxyl groups is 1. The summed E-state index contributed by atoms with van der Waals surface area (Å²) in [4.78, 5) is 22.6. The van der Waals surface area contributed by atoms with E-state index in [2.05, 4.69) is 51.9 Å². The SMILES string of the molecule is O[C@H]1CC[C@H](Nc2nc(Cc3ccccc3)cc(Nc3nc4ccc(N5CCCCC5)nc4s3)n2)CC1. The molecule has 0 radical (unpaired) electrons. The van der Waals surface area contributed by atoms with Crippen LogP contribution in [-0.2, 0) is 6.42 Å². The Kier molecular flexibility index (Phi) is 7.14. The van der Waals surface area contributed by atoms with Gasteiger partial charge >= 0.3 is 0 Å². The van der Waals surface area contributed by atoms with E-state index in [0.717, 1.165) is 78.0 Å². The number of benzene rings is 1. The highest BCUT2D eigenvalue weighted by Gasteiger charge is 2.21. The third-order valence-corrected chi connectivity index (χ3v) is 8.07. The van der Waals surface area contributed by atoms with Gasteiger partial charge in [0.2, 0.25) is 5.95 Å². The molecule has 2 aliphatic rings. The number of hydrogen-bond acceptors (Lipinski definition) is 9. The van der Waals surface area contributed by atoms with Crippen LogP contribution >= 0.6 is 11.3 Å². The summed E-state index contributed by atoms with van der Waals surface area (Å²) < 4.78 is 0. The average Bonchev–Trinajstić information content (AvgIpc) is 3.32. The van der Waals surface area contributed by atoms with Crippen LogP contribution in [0.15, 0.2) is 48.5 Å². The average molecular weight is 516 g/mol. The number of anilines is 4. The summed E-state index contributed by atoms with van der Waals surface area (Å²) in [6, 6.07) is 16.8. The maximum absolute atomic E-state index is 9.88. The van der Waals surface area contributed by atoms with E-state index in [0.29, 0.717) is 5.95 Å². The number of rotatable bonds is 7. The number of nitrogens with zero attached hydrogens (tertiary/aromatic N) is 5. The molecule has 1 aliphatic heterocycles. The van der Waals surface area contributed by atoms with E-state index in [1.54, 1.807) is 11.3 Å². The topological polar surface area (TPSA) is 99.1 Å². The number of fused-ring (bicyclic) bond motifs is 1. The second-order valence-electron chi connectivity index (χ2n) is 10.1. The monoisotopic (exact) mass is 515 g/mol. The molecule has 3 N–H and O–H groups in total. The molecular weight excluding hydrogens is 482 g/mol. The normalized spacial score (nSPS) is 20.2. The second-order valence-corrected chi connectivity index (χ2v) is 11.0. The Morgan fingerprint density at radius 3 is 2.51 bits per heavy atom. The van der Waals surface area contributed by atoms with E-state index in [9.17, 15) is 5.11 Å². The van der Waals surface area contributed by atoms with Gasteiger partial charge in [-0.25, -0.2) is 15.0 Å². The van der Waals surface area contributed by atoms with E-state index in [-0.39, 0.29) is 12.1 Å². The Morgan fingerprint density at radius 2 is 1.70 bits per heavy atom. The van der Waals surface area contributed by atoms with Gasteiger partial charge in [0, 0.05) is 31.6 Å². The molecule has 4 heterocycles. The van der Waals surface area contributed by atoms with Crippen molar-refractivity contribution < 1.29 is 5.11 Å². The Labute approximate surface area is 221 Å². The molecule has 0 unspecified atom stereocenters. The Hall–Kier alpha value is -3.30. The zero-order valence-corrected chi connectivity index (χ0v) is 21.8. The van der Waals surface area contributed by atoms with E-state index < -0.39 is 0 Å². The fourth-order valence-corrected chi connectivity index (χ4v) is 6.03. The Morgan fingerprint density at radius 1 is 0.892 bits per heavy atom. The molecule has 8 nitrogen and oxygen atoms in total. The summed E-state index contributed by atoms with van der Waals surface area (Å²) in [5.41, 5.74) is 3.04. The summed E-state index contributed by atoms with van der Waals surface area (Å²) in [6.07, 6.45) is 7.74. The quantitative estimate of drug-likeness (QED) is 0.296. The highest BCUT2D eigenvalue weighted by atomic mass is 32.1. The van der Waals surface area contributed by atoms with Crippen molar-refractivity contribution in [1.82, 2.24) is 19.9 Å². The standard InChI is InChI=1S/C28H33N7OS/c36-22-11-9-20(10-12-22)29-27-30-21(17-19-7-3-1-4-8-19)18-24(32-27)33-28-31-23-13-14-25(34-26(23)37-28)35-15-5-2-6-16-35/h1,3-4,7-8,13-14,18,20,22,36H,2,5-6,9-12,15-17H2,(H2,29,30,31,32,33)/t20-,22-. The molecule has 3 aromatic heterocycles. The van der Waals surface area contributed by atoms with Crippen LogP contribution in [0.5, 0.6) is 0 Å². The molecule has 1 aliphatic carbocycles. The summed E-state index contributed by atoms with van der Waals surface area (Å²) in [5, 5.41) is 17.6. The fourth-order valence-electron chi connectivity index (χ4n) is 5.19. The number of nitrogens with one attached hydrogen (secondary N) is 2. The van der Waals surface area contributed by atoms with E-state index in [1.165, 1.54) is 24.8 Å². The molecule has 0 atom stereocenters. The molecule has 0 amide bonds. The number of pyridine rings is 1. The van der Waals surface area contributed by atoms with Crippen molar-refractivity contribution in [3.8, 4) is 0 Å². The van der Waals surface area contributed by atoms with Gasteiger partial charge in [-0.1, -0.05) is 41.7 Å². The summed E-state index contributed by atoms with van der Waals surface area (Å²) in [7, 11) is 0. The third kappa shape index (κ3) is 5.99. The van der Waals surface area contributed by atoms with Crippen molar-refractivity contribution in [2.24, 2.45) is 0 Å². The highest BCUT2D eigenvalue weighted by molar-refractivity contribution is 7.21. The van der Waals surface area contributed by atoms with Gasteiger partial charge in [-0.3, -0.25) is 0 Å². The number of thiazole rings is 1. The van der Waals surface area contributed by atoms with Crippen LogP contribution in [0.2, 0.25) is 0 Å². The van der Waals surface area contributed by atoms with Gasteiger partial charge in [0.15, 0.2) is 5.13 Å². The van der Waals surface area contributed by atoms with Crippen LogP contribution in [0.4, 0.5) is 22.7 Å². The highest BCUT2D eigenvalue weighted by Crippen LogP contribution is 2.30. The van der Waals surface area contributed by atoms with Crippen molar-refractivity contribution in [2.45, 2.75) is 63.5 Å². The van der Waals surface area contributed by atoms with Gasteiger partial charge in [-0.15, -0.1) is 0 Å². The lowest BCUT2D eigenvalue weighted by molar-refractivity contribution is 0.126. The van der Waals surface area contributed by atoms with Gasteiger partial charge in [0.25, 0.3) is 0 Å². The first-order chi connectivity index (χ1) is 18.2. The second kappa shape index (κ2) is 11.0. The zero-order valence-electron chi connectivity index (χ0n) is 20.9. The minimum Gasteiger partial charge on any atom is -0.393 e. The van der Waals surface area contributed by atoms with E-state index in [1.807, 2.05) is 12.1 Å². The number of piperidine rings is 1. The predicted molar refractivity (Wildman–Crippen MR) is 150 cm³/mol. The Bertz CT molecular complexity index is 1330. The summed E-state index contributed by atoms with van der Waals surface area (Å²) >= 11 is 1.55. The first-order valence-corrected chi connectivity index (χ1v) is 14.2. The van der Waals surface area contributed by atoms with Crippen LogP contribution in [0.25, 0.3) is 10.3 Å². The van der Waals surface area contributed by atoms with Crippen molar-refractivity contribution in [2.75, 3.05) is 28.6 Å². The van der Waals surface area contributed by atoms with E-state index in [4.69, 9.17) is 19.9 Å². The number of hydrogen-bond donors (Lipinski definition) is 3. The molecule has 0 spiro atoms. The van der Waals surface area contributed by atoms with Crippen molar-refractivity contribution in [3.05, 3.63) is 59.8 Å². The van der Waals surface area contributed by atoms with Crippen LogP contribution in [-0.4, -0.2) is 50.3 Å². The lowest BCUT2D eigenvalue weighted by Crippen LogP contribution is -2.29. The summed E-state index contributed by atoms with van der Waals surface area (Å²) in [5.74, 6) is 2.37. The lowest BCUT2D eigenvalue weighted by Gasteiger charge is -2.27. The molecule has 1 saturated heterocycles. The molecule has 1 saturated carbocycles. The molecule has 6 rings (SSSR count). The zero-order chi connectivity index (χ0) is 25.0. The molecule has 9 heteroatoms. The van der Waals surface area contributed by atoms with Crippen molar-refractivity contribution in [3.63, 3.8) is 0 Å². The molecule has 1 aromatic carbocycles. The Balaban J connectivity index is 1.24. The maximum Gasteiger partial charge on any atom is 0.225 e. The van der Waals surface area contributed by atoms with Gasteiger partial charge in [0.05, 0.1) is 11.8 Å². The molecule has 4 aromatic rings. The van der Waals surface area contributed by atoms with Crippen LogP contribution < -0.4 is 15.5 Å². The molecule has 37 heavy (non-hydrogen) atoms. The van der Waals surface area contributed by atoms with Crippen LogP contribution in [0.1, 0.15) is 56.2 Å². The minimum atomic E-state index is -0.191. The predicted octanol–water partition coefficient (Wildman–Crippen LogP) is 5.52. The van der Waals surface area contributed by atoms with E-state index >= 15 is 0 Å². The van der Waals surface area contributed by atoms with Crippen LogP contribution in [0.3, 0.4) is 0 Å². The van der Waals surface area contributed by atoms with Crippen molar-refractivity contribution >= 4 is 44.4 Å². The molecule has 192 valence electrons. The lowest BCUT2D eigenvalue weighted by atomic mass is 9.93. The first kappa shape index (κ1) is 24.1.